The first-order valence-corrected chi connectivity index (χ1v) is 7.20. The van der Waals surface area contributed by atoms with Gasteiger partial charge in [-0.25, -0.2) is 4.79 Å². The highest BCUT2D eigenvalue weighted by molar-refractivity contribution is 5.93. The molecule has 0 spiro atoms. The minimum atomic E-state index is -1.09. The Labute approximate surface area is 127 Å². The molecule has 2 heterocycles. The summed E-state index contributed by atoms with van der Waals surface area (Å²) in [6.45, 7) is 4.49. The van der Waals surface area contributed by atoms with Crippen LogP contribution in [0.15, 0.2) is 23.0 Å². The number of anilines is 1. The molecule has 116 valence electrons. The zero-order valence-electron chi connectivity index (χ0n) is 12.6. The third-order valence-corrected chi connectivity index (χ3v) is 4.20. The number of aryl methyl sites for hydroxylation is 1. The van der Waals surface area contributed by atoms with E-state index >= 15 is 0 Å². The fraction of sp³-hybridized carbons (Fsp3) is 0.375. The van der Waals surface area contributed by atoms with Crippen LogP contribution in [0.1, 0.15) is 16.1 Å². The lowest BCUT2D eigenvalue weighted by atomic mass is 10.1. The molecule has 1 aromatic heterocycles. The summed E-state index contributed by atoms with van der Waals surface area (Å²) >= 11 is 0. The minimum absolute atomic E-state index is 0.0385. The molecule has 22 heavy (non-hydrogen) atoms. The van der Waals surface area contributed by atoms with Crippen molar-refractivity contribution >= 4 is 22.6 Å². The number of pyridine rings is 1. The number of hydrogen-bond acceptors (Lipinski definition) is 4. The van der Waals surface area contributed by atoms with Crippen LogP contribution in [-0.2, 0) is 11.8 Å². The van der Waals surface area contributed by atoms with Gasteiger partial charge in [-0.15, -0.1) is 0 Å². The van der Waals surface area contributed by atoms with E-state index in [-0.39, 0.29) is 16.7 Å². The molecule has 0 unspecified atom stereocenters. The number of rotatable bonds is 2. The smallest absolute Gasteiger partial charge is 0.352 e. The molecule has 0 aliphatic carbocycles. The van der Waals surface area contributed by atoms with Crippen molar-refractivity contribution in [3.8, 4) is 0 Å². The summed E-state index contributed by atoms with van der Waals surface area (Å²) in [6.07, 6.45) is 0. The van der Waals surface area contributed by atoms with E-state index in [1.165, 1.54) is 0 Å². The van der Waals surface area contributed by atoms with Crippen molar-refractivity contribution in [1.82, 2.24) is 4.57 Å². The third kappa shape index (κ3) is 2.25. The molecule has 1 aliphatic rings. The second kappa shape index (κ2) is 5.46. The van der Waals surface area contributed by atoms with Crippen LogP contribution in [-0.4, -0.2) is 41.9 Å². The molecule has 6 heteroatoms. The maximum atomic E-state index is 12.5. The summed E-state index contributed by atoms with van der Waals surface area (Å²) in [6, 6.07) is 5.59. The molecular formula is C16H18N2O4. The van der Waals surface area contributed by atoms with E-state index in [4.69, 9.17) is 4.74 Å². The van der Waals surface area contributed by atoms with E-state index in [9.17, 15) is 14.7 Å². The number of nitrogens with zero attached hydrogens (tertiary/aromatic N) is 2. The molecule has 2 aromatic rings. The van der Waals surface area contributed by atoms with Crippen LogP contribution < -0.4 is 10.3 Å². The molecule has 1 N–H and O–H groups in total. The van der Waals surface area contributed by atoms with Gasteiger partial charge in [-0.1, -0.05) is 0 Å². The Hall–Kier alpha value is -2.34. The first kappa shape index (κ1) is 14.6. The zero-order valence-corrected chi connectivity index (χ0v) is 12.6. The number of benzene rings is 1. The van der Waals surface area contributed by atoms with Gasteiger partial charge in [0.25, 0.3) is 0 Å². The molecule has 0 saturated carbocycles. The quantitative estimate of drug-likeness (QED) is 0.907. The number of carboxylic acids is 1. The van der Waals surface area contributed by atoms with Crippen molar-refractivity contribution in [2.75, 3.05) is 31.2 Å². The Morgan fingerprint density at radius 1 is 1.27 bits per heavy atom. The van der Waals surface area contributed by atoms with Crippen molar-refractivity contribution < 1.29 is 14.6 Å². The van der Waals surface area contributed by atoms with Gasteiger partial charge in [0.2, 0.25) is 0 Å². The zero-order chi connectivity index (χ0) is 15.9. The number of fused-ring (bicyclic) bond motifs is 1. The molecule has 1 aromatic carbocycles. The topological polar surface area (TPSA) is 71.8 Å². The lowest BCUT2D eigenvalue weighted by molar-refractivity contribution is 0.0685. The van der Waals surface area contributed by atoms with Crippen molar-refractivity contribution in [2.24, 2.45) is 7.05 Å². The number of morpholine rings is 1. The summed E-state index contributed by atoms with van der Waals surface area (Å²) in [5.41, 5.74) is 1.68. The number of hydrogen-bond donors (Lipinski definition) is 1. The van der Waals surface area contributed by atoms with Crippen molar-refractivity contribution in [2.45, 2.75) is 6.92 Å². The summed E-state index contributed by atoms with van der Waals surface area (Å²) in [5.74, 6) is -1.09. The average Bonchev–Trinajstić information content (AvgIpc) is 2.53. The van der Waals surface area contributed by atoms with E-state index < -0.39 is 5.97 Å². The Morgan fingerprint density at radius 3 is 2.59 bits per heavy atom. The number of carboxylic acid groups (broad SMARTS) is 1. The first-order valence-electron chi connectivity index (χ1n) is 7.20. The van der Waals surface area contributed by atoms with Gasteiger partial charge in [-0.05, 0) is 25.1 Å². The van der Waals surface area contributed by atoms with E-state index in [0.717, 1.165) is 18.8 Å². The summed E-state index contributed by atoms with van der Waals surface area (Å²) in [5, 5.41) is 9.86. The Balaban J connectivity index is 2.21. The van der Waals surface area contributed by atoms with Gasteiger partial charge in [-0.3, -0.25) is 4.79 Å². The molecule has 0 bridgehead atoms. The van der Waals surface area contributed by atoms with Gasteiger partial charge in [-0.2, -0.15) is 0 Å². The lowest BCUT2D eigenvalue weighted by Gasteiger charge is -2.29. The highest BCUT2D eigenvalue weighted by atomic mass is 16.5. The van der Waals surface area contributed by atoms with E-state index in [0.29, 0.717) is 24.1 Å². The fourth-order valence-electron chi connectivity index (χ4n) is 3.00. The monoisotopic (exact) mass is 302 g/mol. The average molecular weight is 302 g/mol. The van der Waals surface area contributed by atoms with Gasteiger partial charge in [0.1, 0.15) is 5.69 Å². The molecule has 0 radical (unpaired) electrons. The van der Waals surface area contributed by atoms with Crippen LogP contribution in [0.2, 0.25) is 0 Å². The molecule has 0 atom stereocenters. The van der Waals surface area contributed by atoms with Gasteiger partial charge < -0.3 is 19.3 Å². The molecule has 6 nitrogen and oxygen atoms in total. The van der Waals surface area contributed by atoms with Gasteiger partial charge in [0.15, 0.2) is 5.43 Å². The summed E-state index contributed by atoms with van der Waals surface area (Å²) in [7, 11) is 1.67. The van der Waals surface area contributed by atoms with E-state index in [2.05, 4.69) is 4.90 Å². The predicted octanol–water partition coefficient (Wildman–Crippen LogP) is 1.38. The Bertz CT molecular complexity index is 804. The summed E-state index contributed by atoms with van der Waals surface area (Å²) in [4.78, 5) is 26.1. The normalized spacial score (nSPS) is 15.3. The fourth-order valence-corrected chi connectivity index (χ4v) is 3.00. The Kier molecular flexibility index (Phi) is 3.62. The standard InChI is InChI=1S/C16H18N2O4/c1-10-14(16(20)21)17(2)13-4-3-11(9-12(13)15(10)19)18-5-7-22-8-6-18/h3-4,9H,5-8H2,1-2H3,(H,20,21). The van der Waals surface area contributed by atoms with Crippen molar-refractivity contribution in [1.29, 1.82) is 0 Å². The molecule has 1 fully saturated rings. The molecular weight excluding hydrogens is 284 g/mol. The number of carbonyl (C=O) groups is 1. The minimum Gasteiger partial charge on any atom is -0.477 e. The van der Waals surface area contributed by atoms with Crippen LogP contribution in [0.3, 0.4) is 0 Å². The van der Waals surface area contributed by atoms with Crippen molar-refractivity contribution in [3.05, 3.63) is 39.7 Å². The highest BCUT2D eigenvalue weighted by Gasteiger charge is 2.19. The molecule has 3 rings (SSSR count). The number of aromatic nitrogens is 1. The SMILES string of the molecule is Cc1c(C(=O)O)n(C)c2ccc(N3CCOCC3)cc2c1=O. The number of ether oxygens (including phenoxy) is 1. The van der Waals surface area contributed by atoms with E-state index in [1.807, 2.05) is 18.2 Å². The summed E-state index contributed by atoms with van der Waals surface area (Å²) < 4.78 is 6.91. The highest BCUT2D eigenvalue weighted by Crippen LogP contribution is 2.22. The van der Waals surface area contributed by atoms with Gasteiger partial charge in [0, 0.05) is 36.8 Å². The lowest BCUT2D eigenvalue weighted by Crippen LogP contribution is -2.36. The maximum absolute atomic E-state index is 12.5. The van der Waals surface area contributed by atoms with Crippen LogP contribution in [0.4, 0.5) is 5.69 Å². The van der Waals surface area contributed by atoms with Crippen LogP contribution in [0, 0.1) is 6.92 Å². The third-order valence-electron chi connectivity index (χ3n) is 4.20. The second-order valence-electron chi connectivity index (χ2n) is 5.47. The van der Waals surface area contributed by atoms with Crippen LogP contribution in [0.5, 0.6) is 0 Å². The van der Waals surface area contributed by atoms with Gasteiger partial charge in [0.05, 0.1) is 18.7 Å². The van der Waals surface area contributed by atoms with Crippen LogP contribution >= 0.6 is 0 Å². The molecule has 0 amide bonds. The number of aromatic carboxylic acids is 1. The van der Waals surface area contributed by atoms with Crippen LogP contribution in [0.25, 0.3) is 10.9 Å². The van der Waals surface area contributed by atoms with E-state index in [1.54, 1.807) is 18.5 Å². The maximum Gasteiger partial charge on any atom is 0.352 e. The molecule has 1 aliphatic heterocycles. The largest absolute Gasteiger partial charge is 0.477 e. The second-order valence-corrected chi connectivity index (χ2v) is 5.47. The van der Waals surface area contributed by atoms with Crippen molar-refractivity contribution in [3.63, 3.8) is 0 Å². The predicted molar refractivity (Wildman–Crippen MR) is 83.9 cm³/mol. The Morgan fingerprint density at radius 2 is 1.95 bits per heavy atom. The first-order chi connectivity index (χ1) is 10.5. The molecule has 1 saturated heterocycles. The van der Waals surface area contributed by atoms with Gasteiger partial charge >= 0.3 is 5.97 Å².